The highest BCUT2D eigenvalue weighted by atomic mass is 35.5. The molecule has 1 aromatic carbocycles. The lowest BCUT2D eigenvalue weighted by Crippen LogP contribution is -1.91. The van der Waals surface area contributed by atoms with Gasteiger partial charge in [0.05, 0.1) is 7.11 Å². The molecule has 0 unspecified atom stereocenters. The van der Waals surface area contributed by atoms with E-state index in [2.05, 4.69) is 4.98 Å². The van der Waals surface area contributed by atoms with Crippen molar-refractivity contribution < 1.29 is 4.74 Å². The summed E-state index contributed by atoms with van der Waals surface area (Å²) in [6.07, 6.45) is 1.86. The summed E-state index contributed by atoms with van der Waals surface area (Å²) in [5.74, 6) is 0.716. The zero-order chi connectivity index (χ0) is 12.5. The molecule has 0 radical (unpaired) electrons. The van der Waals surface area contributed by atoms with Crippen molar-refractivity contribution in [3.63, 3.8) is 0 Å². The van der Waals surface area contributed by atoms with E-state index in [0.717, 1.165) is 16.9 Å². The summed E-state index contributed by atoms with van der Waals surface area (Å²) in [5, 5.41) is 0.662. The number of fused-ring (bicyclic) bond motifs is 1. The van der Waals surface area contributed by atoms with Gasteiger partial charge >= 0.3 is 0 Å². The molecule has 0 N–H and O–H groups in total. The van der Waals surface area contributed by atoms with Gasteiger partial charge in [0, 0.05) is 22.8 Å². The van der Waals surface area contributed by atoms with Crippen LogP contribution < -0.4 is 4.74 Å². The Morgan fingerprint density at radius 3 is 2.67 bits per heavy atom. The van der Waals surface area contributed by atoms with Crippen LogP contribution in [0.25, 0.3) is 16.9 Å². The van der Waals surface area contributed by atoms with Crippen LogP contribution in [0, 0.1) is 0 Å². The maximum Gasteiger partial charge on any atom is 0.226 e. The van der Waals surface area contributed by atoms with Crippen LogP contribution in [0.5, 0.6) is 5.88 Å². The predicted octanol–water partition coefficient (Wildman–Crippen LogP) is 3.66. The van der Waals surface area contributed by atoms with Crippen molar-refractivity contribution in [1.82, 2.24) is 9.38 Å². The third-order valence-corrected chi connectivity index (χ3v) is 3.02. The SMILES string of the molecule is COc1c(-c2ccccc2)nc2cc(Cl)ccn12. The van der Waals surface area contributed by atoms with Crippen molar-refractivity contribution in [3.05, 3.63) is 53.7 Å². The van der Waals surface area contributed by atoms with Crippen molar-refractivity contribution in [3.8, 4) is 17.1 Å². The molecule has 0 bridgehead atoms. The van der Waals surface area contributed by atoms with Gasteiger partial charge in [-0.05, 0) is 6.07 Å². The van der Waals surface area contributed by atoms with Gasteiger partial charge < -0.3 is 4.74 Å². The number of ether oxygens (including phenoxy) is 1. The van der Waals surface area contributed by atoms with E-state index in [0.29, 0.717) is 10.9 Å². The first-order chi connectivity index (χ1) is 8.79. The normalized spacial score (nSPS) is 10.8. The number of hydrogen-bond donors (Lipinski definition) is 0. The van der Waals surface area contributed by atoms with Crippen LogP contribution in [0.3, 0.4) is 0 Å². The van der Waals surface area contributed by atoms with Crippen LogP contribution in [0.4, 0.5) is 0 Å². The van der Waals surface area contributed by atoms with E-state index >= 15 is 0 Å². The van der Waals surface area contributed by atoms with Crippen molar-refractivity contribution in [2.24, 2.45) is 0 Å². The predicted molar refractivity (Wildman–Crippen MR) is 72.2 cm³/mol. The molecule has 0 fully saturated rings. The van der Waals surface area contributed by atoms with Gasteiger partial charge in [0.1, 0.15) is 11.3 Å². The molecule has 0 aliphatic heterocycles. The zero-order valence-corrected chi connectivity index (χ0v) is 10.6. The Kier molecular flexibility index (Phi) is 2.68. The fourth-order valence-electron chi connectivity index (χ4n) is 1.98. The number of hydrogen-bond acceptors (Lipinski definition) is 2. The highest BCUT2D eigenvalue weighted by Gasteiger charge is 2.14. The van der Waals surface area contributed by atoms with E-state index in [1.165, 1.54) is 0 Å². The molecule has 0 spiro atoms. The Bertz CT molecular complexity index is 692. The van der Waals surface area contributed by atoms with Gasteiger partial charge in [-0.3, -0.25) is 4.40 Å². The number of benzene rings is 1. The molecule has 0 aliphatic rings. The average molecular weight is 259 g/mol. The molecule has 4 heteroatoms. The number of methoxy groups -OCH3 is 1. The molecule has 0 saturated carbocycles. The first kappa shape index (κ1) is 11.1. The lowest BCUT2D eigenvalue weighted by molar-refractivity contribution is 0.396. The third-order valence-electron chi connectivity index (χ3n) is 2.78. The molecule has 0 atom stereocenters. The Labute approximate surface area is 110 Å². The number of pyridine rings is 1. The Morgan fingerprint density at radius 1 is 1.17 bits per heavy atom. The molecule has 0 amide bonds. The second kappa shape index (κ2) is 4.35. The van der Waals surface area contributed by atoms with Gasteiger partial charge in [-0.25, -0.2) is 4.98 Å². The van der Waals surface area contributed by atoms with Gasteiger partial charge in [0.15, 0.2) is 0 Å². The molecule has 3 aromatic rings. The first-order valence-electron chi connectivity index (χ1n) is 5.56. The molecule has 3 nitrogen and oxygen atoms in total. The lowest BCUT2D eigenvalue weighted by Gasteiger charge is -2.02. The molecule has 18 heavy (non-hydrogen) atoms. The largest absolute Gasteiger partial charge is 0.480 e. The minimum Gasteiger partial charge on any atom is -0.480 e. The summed E-state index contributed by atoms with van der Waals surface area (Å²) in [6.45, 7) is 0. The summed E-state index contributed by atoms with van der Waals surface area (Å²) >= 11 is 5.98. The van der Waals surface area contributed by atoms with E-state index < -0.39 is 0 Å². The maximum atomic E-state index is 5.98. The molecule has 2 heterocycles. The molecule has 2 aromatic heterocycles. The molecule has 3 rings (SSSR count). The van der Waals surface area contributed by atoms with Crippen molar-refractivity contribution >= 4 is 17.2 Å². The summed E-state index contributed by atoms with van der Waals surface area (Å²) in [5.41, 5.74) is 2.62. The first-order valence-corrected chi connectivity index (χ1v) is 5.94. The van der Waals surface area contributed by atoms with Gasteiger partial charge in [0.2, 0.25) is 5.88 Å². The number of imidazole rings is 1. The summed E-state index contributed by atoms with van der Waals surface area (Å²) in [6, 6.07) is 13.6. The van der Waals surface area contributed by atoms with Gasteiger partial charge in [-0.15, -0.1) is 0 Å². The van der Waals surface area contributed by atoms with Crippen LogP contribution in [0.2, 0.25) is 5.02 Å². The van der Waals surface area contributed by atoms with Gasteiger partial charge in [-0.1, -0.05) is 41.9 Å². The van der Waals surface area contributed by atoms with E-state index in [1.807, 2.05) is 53.1 Å². The molecule has 90 valence electrons. The quantitative estimate of drug-likeness (QED) is 0.701. The Morgan fingerprint density at radius 2 is 1.94 bits per heavy atom. The zero-order valence-electron chi connectivity index (χ0n) is 9.80. The van der Waals surface area contributed by atoms with E-state index in [4.69, 9.17) is 16.3 Å². The monoisotopic (exact) mass is 258 g/mol. The summed E-state index contributed by atoms with van der Waals surface area (Å²) < 4.78 is 7.33. The number of aromatic nitrogens is 2. The van der Waals surface area contributed by atoms with Gasteiger partial charge in [0.25, 0.3) is 0 Å². The number of nitrogens with zero attached hydrogens (tertiary/aromatic N) is 2. The van der Waals surface area contributed by atoms with Crippen LogP contribution in [-0.4, -0.2) is 16.5 Å². The second-order valence-electron chi connectivity index (χ2n) is 3.91. The molecule has 0 saturated heterocycles. The van der Waals surface area contributed by atoms with Crippen LogP contribution in [0.15, 0.2) is 48.7 Å². The van der Waals surface area contributed by atoms with Crippen molar-refractivity contribution in [1.29, 1.82) is 0 Å². The van der Waals surface area contributed by atoms with Crippen LogP contribution in [-0.2, 0) is 0 Å². The fraction of sp³-hybridized carbons (Fsp3) is 0.0714. The van der Waals surface area contributed by atoms with Crippen LogP contribution in [0.1, 0.15) is 0 Å². The molecular formula is C14H11ClN2O. The Balaban J connectivity index is 2.29. The van der Waals surface area contributed by atoms with Gasteiger partial charge in [-0.2, -0.15) is 0 Å². The van der Waals surface area contributed by atoms with Crippen molar-refractivity contribution in [2.75, 3.05) is 7.11 Å². The highest BCUT2D eigenvalue weighted by molar-refractivity contribution is 6.30. The lowest BCUT2D eigenvalue weighted by atomic mass is 10.2. The second-order valence-corrected chi connectivity index (χ2v) is 4.35. The van der Waals surface area contributed by atoms with Crippen molar-refractivity contribution in [2.45, 2.75) is 0 Å². The van der Waals surface area contributed by atoms with Crippen LogP contribution >= 0.6 is 11.6 Å². The molecular weight excluding hydrogens is 248 g/mol. The van der Waals surface area contributed by atoms with E-state index in [1.54, 1.807) is 7.11 Å². The summed E-state index contributed by atoms with van der Waals surface area (Å²) in [7, 11) is 1.64. The van der Waals surface area contributed by atoms with E-state index in [-0.39, 0.29) is 0 Å². The minimum atomic E-state index is 0.662. The minimum absolute atomic E-state index is 0.662. The average Bonchev–Trinajstić information content (AvgIpc) is 2.77. The highest BCUT2D eigenvalue weighted by Crippen LogP contribution is 2.30. The maximum absolute atomic E-state index is 5.98. The smallest absolute Gasteiger partial charge is 0.226 e. The fourth-order valence-corrected chi connectivity index (χ4v) is 2.13. The topological polar surface area (TPSA) is 26.5 Å². The standard InChI is InChI=1S/C14H11ClN2O/c1-18-14-13(10-5-3-2-4-6-10)16-12-9-11(15)7-8-17(12)14/h2-9H,1H3. The molecule has 0 aliphatic carbocycles. The Hall–Kier alpha value is -2.00. The number of rotatable bonds is 2. The number of halogens is 1. The van der Waals surface area contributed by atoms with E-state index in [9.17, 15) is 0 Å². The third kappa shape index (κ3) is 1.73. The summed E-state index contributed by atoms with van der Waals surface area (Å²) in [4.78, 5) is 4.57.